The number of methoxy groups -OCH3 is 1. The molecule has 23 heavy (non-hydrogen) atoms. The summed E-state index contributed by atoms with van der Waals surface area (Å²) in [6.45, 7) is 0. The highest BCUT2D eigenvalue weighted by atomic mass is 19.1. The number of halogens is 1. The molecule has 2 atom stereocenters. The molecule has 1 aliphatic carbocycles. The summed E-state index contributed by atoms with van der Waals surface area (Å²) >= 11 is 0. The Morgan fingerprint density at radius 1 is 1.30 bits per heavy atom. The summed E-state index contributed by atoms with van der Waals surface area (Å²) in [5.74, 6) is -0.222. The molecule has 0 aliphatic heterocycles. The molecular weight excluding hydrogens is 299 g/mol. The first-order chi connectivity index (χ1) is 11.1. The van der Waals surface area contributed by atoms with E-state index in [-0.39, 0.29) is 5.75 Å². The van der Waals surface area contributed by atoms with Gasteiger partial charge >= 0.3 is 6.03 Å². The van der Waals surface area contributed by atoms with Crippen molar-refractivity contribution < 1.29 is 19.0 Å². The average molecular weight is 316 g/mol. The van der Waals surface area contributed by atoms with Crippen molar-refractivity contribution in [1.29, 1.82) is 0 Å². The number of benzene rings is 2. The first kappa shape index (κ1) is 15.3. The van der Waals surface area contributed by atoms with Crippen LogP contribution in [0.3, 0.4) is 0 Å². The van der Waals surface area contributed by atoms with E-state index in [1.165, 1.54) is 25.3 Å². The minimum absolute atomic E-state index is 0.229. The summed E-state index contributed by atoms with van der Waals surface area (Å²) in [4.78, 5) is 12.2. The number of rotatable bonds is 3. The fourth-order valence-corrected chi connectivity index (χ4v) is 2.82. The molecule has 0 saturated heterocycles. The fourth-order valence-electron chi connectivity index (χ4n) is 2.82. The summed E-state index contributed by atoms with van der Waals surface area (Å²) in [6, 6.07) is 10.5. The average Bonchev–Trinajstić information content (AvgIpc) is 2.85. The van der Waals surface area contributed by atoms with Gasteiger partial charge in [-0.1, -0.05) is 24.3 Å². The van der Waals surface area contributed by atoms with Gasteiger partial charge in [-0.2, -0.15) is 0 Å². The topological polar surface area (TPSA) is 70.6 Å². The van der Waals surface area contributed by atoms with Gasteiger partial charge < -0.3 is 20.5 Å². The number of ether oxygens (including phenoxy) is 1. The highest BCUT2D eigenvalue weighted by molar-refractivity contribution is 5.91. The molecular formula is C17H17FN2O3. The van der Waals surface area contributed by atoms with Gasteiger partial charge in [0.15, 0.2) is 0 Å². The van der Waals surface area contributed by atoms with Crippen molar-refractivity contribution in [2.24, 2.45) is 0 Å². The molecule has 6 heteroatoms. The summed E-state index contributed by atoms with van der Waals surface area (Å²) in [5.41, 5.74) is 2.28. The van der Waals surface area contributed by atoms with Gasteiger partial charge in [-0.3, -0.25) is 0 Å². The van der Waals surface area contributed by atoms with Crippen LogP contribution in [-0.4, -0.2) is 24.4 Å². The molecule has 2 aromatic rings. The van der Waals surface area contributed by atoms with E-state index >= 15 is 0 Å². The van der Waals surface area contributed by atoms with Crippen molar-refractivity contribution in [3.05, 3.63) is 59.4 Å². The van der Waals surface area contributed by atoms with Crippen molar-refractivity contribution >= 4 is 11.7 Å². The van der Waals surface area contributed by atoms with Gasteiger partial charge in [0.1, 0.15) is 11.6 Å². The molecule has 0 unspecified atom stereocenters. The van der Waals surface area contributed by atoms with E-state index in [9.17, 15) is 14.3 Å². The SMILES string of the molecule is COc1cc(F)ccc1NC(=O)N[C@@H]1c2ccccc2C[C@@H]1O. The number of fused-ring (bicyclic) bond motifs is 1. The van der Waals surface area contributed by atoms with Gasteiger partial charge in [-0.15, -0.1) is 0 Å². The van der Waals surface area contributed by atoms with Crippen molar-refractivity contribution in [3.8, 4) is 5.75 Å². The van der Waals surface area contributed by atoms with Gasteiger partial charge in [0.2, 0.25) is 0 Å². The van der Waals surface area contributed by atoms with Crippen molar-refractivity contribution in [3.63, 3.8) is 0 Å². The first-order valence-electron chi connectivity index (χ1n) is 7.25. The lowest BCUT2D eigenvalue weighted by Crippen LogP contribution is -2.36. The third-order valence-electron chi connectivity index (χ3n) is 3.90. The zero-order valence-corrected chi connectivity index (χ0v) is 12.5. The Balaban J connectivity index is 1.73. The zero-order chi connectivity index (χ0) is 16.4. The number of nitrogens with one attached hydrogen (secondary N) is 2. The van der Waals surface area contributed by atoms with Crippen LogP contribution in [0.4, 0.5) is 14.9 Å². The van der Waals surface area contributed by atoms with Crippen LogP contribution in [0.5, 0.6) is 5.75 Å². The second-order valence-electron chi connectivity index (χ2n) is 5.39. The van der Waals surface area contributed by atoms with Crippen LogP contribution >= 0.6 is 0 Å². The summed E-state index contributed by atoms with van der Waals surface area (Å²) in [5, 5.41) is 15.5. The van der Waals surface area contributed by atoms with Gasteiger partial charge in [0.25, 0.3) is 0 Å². The second-order valence-corrected chi connectivity index (χ2v) is 5.39. The van der Waals surface area contributed by atoms with E-state index in [1.807, 2.05) is 24.3 Å². The summed E-state index contributed by atoms with van der Waals surface area (Å²) in [6.07, 6.45) is -0.172. The molecule has 0 fully saturated rings. The van der Waals surface area contributed by atoms with Gasteiger partial charge in [-0.05, 0) is 23.3 Å². The van der Waals surface area contributed by atoms with Gasteiger partial charge in [0, 0.05) is 12.5 Å². The number of aliphatic hydroxyl groups excluding tert-OH is 1. The molecule has 2 aromatic carbocycles. The number of hydrogen-bond acceptors (Lipinski definition) is 3. The molecule has 0 saturated carbocycles. The lowest BCUT2D eigenvalue weighted by atomic mass is 10.1. The van der Waals surface area contributed by atoms with E-state index < -0.39 is 24.0 Å². The Hall–Kier alpha value is -2.60. The molecule has 120 valence electrons. The Kier molecular flexibility index (Phi) is 4.16. The predicted molar refractivity (Wildman–Crippen MR) is 84.0 cm³/mol. The van der Waals surface area contributed by atoms with Crippen LogP contribution in [0, 0.1) is 5.82 Å². The van der Waals surface area contributed by atoms with Crippen LogP contribution in [0.25, 0.3) is 0 Å². The molecule has 1 aliphatic rings. The number of anilines is 1. The third kappa shape index (κ3) is 3.12. The van der Waals surface area contributed by atoms with Crippen molar-refractivity contribution in [2.75, 3.05) is 12.4 Å². The maximum atomic E-state index is 13.2. The van der Waals surface area contributed by atoms with Crippen LogP contribution in [0.1, 0.15) is 17.2 Å². The van der Waals surface area contributed by atoms with Crippen LogP contribution in [-0.2, 0) is 6.42 Å². The first-order valence-corrected chi connectivity index (χ1v) is 7.25. The molecule has 3 N–H and O–H groups in total. The number of carbonyl (C=O) groups excluding carboxylic acids is 1. The van der Waals surface area contributed by atoms with E-state index in [0.29, 0.717) is 12.1 Å². The Morgan fingerprint density at radius 3 is 2.87 bits per heavy atom. The predicted octanol–water partition coefficient (Wildman–Crippen LogP) is 2.61. The standard InChI is InChI=1S/C17H17FN2O3/c1-23-15-9-11(18)6-7-13(15)19-17(22)20-16-12-5-3-2-4-10(12)8-14(16)21/h2-7,9,14,16,21H,8H2,1H3,(H2,19,20,22)/t14-,16+/m0/s1. The molecule has 0 aromatic heterocycles. The number of hydrogen-bond donors (Lipinski definition) is 3. The zero-order valence-electron chi connectivity index (χ0n) is 12.5. The third-order valence-corrected chi connectivity index (χ3v) is 3.90. The van der Waals surface area contributed by atoms with E-state index in [0.717, 1.165) is 11.1 Å². The lowest BCUT2D eigenvalue weighted by Gasteiger charge is -2.19. The maximum Gasteiger partial charge on any atom is 0.319 e. The Morgan fingerprint density at radius 2 is 2.09 bits per heavy atom. The second kappa shape index (κ2) is 6.26. The highest BCUT2D eigenvalue weighted by Crippen LogP contribution is 2.31. The van der Waals surface area contributed by atoms with Crippen LogP contribution in [0.15, 0.2) is 42.5 Å². The van der Waals surface area contributed by atoms with Crippen LogP contribution < -0.4 is 15.4 Å². The molecule has 5 nitrogen and oxygen atoms in total. The van der Waals surface area contributed by atoms with E-state index in [4.69, 9.17) is 4.74 Å². The maximum absolute atomic E-state index is 13.2. The highest BCUT2D eigenvalue weighted by Gasteiger charge is 2.31. The van der Waals surface area contributed by atoms with Crippen molar-refractivity contribution in [1.82, 2.24) is 5.32 Å². The van der Waals surface area contributed by atoms with Gasteiger partial charge in [-0.25, -0.2) is 9.18 Å². The summed E-state index contributed by atoms with van der Waals surface area (Å²) in [7, 11) is 1.40. The quantitative estimate of drug-likeness (QED) is 0.815. The Bertz CT molecular complexity index is 736. The molecule has 3 rings (SSSR count). The largest absolute Gasteiger partial charge is 0.494 e. The smallest absolute Gasteiger partial charge is 0.319 e. The number of carbonyl (C=O) groups is 1. The Labute approximate surface area is 133 Å². The molecule has 0 radical (unpaired) electrons. The fraction of sp³-hybridized carbons (Fsp3) is 0.235. The normalized spacial score (nSPS) is 19.1. The van der Waals surface area contributed by atoms with Gasteiger partial charge in [0.05, 0.1) is 24.9 Å². The van der Waals surface area contributed by atoms with Crippen molar-refractivity contribution in [2.45, 2.75) is 18.6 Å². The molecule has 0 bridgehead atoms. The minimum Gasteiger partial charge on any atom is -0.494 e. The van der Waals surface area contributed by atoms with Crippen LogP contribution in [0.2, 0.25) is 0 Å². The summed E-state index contributed by atoms with van der Waals surface area (Å²) < 4.78 is 18.2. The molecule has 2 amide bonds. The number of aliphatic hydroxyl groups is 1. The number of amides is 2. The minimum atomic E-state index is -0.673. The number of urea groups is 1. The monoisotopic (exact) mass is 316 g/mol. The van der Waals surface area contributed by atoms with E-state index in [1.54, 1.807) is 0 Å². The van der Waals surface area contributed by atoms with E-state index in [2.05, 4.69) is 10.6 Å². The molecule has 0 spiro atoms. The molecule has 0 heterocycles. The lowest BCUT2D eigenvalue weighted by molar-refractivity contribution is 0.144.